The quantitative estimate of drug-likeness (QED) is 0.397. The minimum Gasteiger partial charge on any atom is -0.340 e. The molecule has 3 aliphatic rings. The molecule has 2 fully saturated rings. The highest BCUT2D eigenvalue weighted by Crippen LogP contribution is 2.42. The molecule has 0 aromatic heterocycles. The fourth-order valence-electron chi connectivity index (χ4n) is 4.30. The number of allylic oxidation sites excluding steroid dienone is 1. The number of hydrogen-bond acceptors (Lipinski definition) is 6. The highest BCUT2D eigenvalue weighted by atomic mass is 32.2. The molecule has 1 amide bonds. The molecule has 160 valence electrons. The first-order valence-corrected chi connectivity index (χ1v) is 13.0. The van der Waals surface area contributed by atoms with Crippen LogP contribution in [0.15, 0.2) is 40.9 Å². The molecule has 4 rings (SSSR count). The van der Waals surface area contributed by atoms with Gasteiger partial charge >= 0.3 is 0 Å². The van der Waals surface area contributed by atoms with E-state index < -0.39 is 10.1 Å². The van der Waals surface area contributed by atoms with Crippen molar-refractivity contribution in [1.29, 1.82) is 0 Å². The van der Waals surface area contributed by atoms with Gasteiger partial charge in [0, 0.05) is 18.3 Å². The molecule has 1 aromatic rings. The number of fused-ring (bicyclic) bond motifs is 1. The standard InChI is InChI=1S/C21H24N2O4S3/c24-20-19(29-21(28)23(20)16-8-2-1-3-9-16)18-12-11-15-7-4-5-10-17(15)22(18)13-6-14-30(25,26)27/h4-5,7,10-12,16H,1-3,6,8-9,13-14H2,(H,25,26,27). The Hall–Kier alpha value is -1.68. The molecule has 0 radical (unpaired) electrons. The maximum Gasteiger partial charge on any atom is 0.268 e. The van der Waals surface area contributed by atoms with Crippen LogP contribution in [0.25, 0.3) is 6.08 Å². The highest BCUT2D eigenvalue weighted by molar-refractivity contribution is 8.26. The third-order valence-corrected chi connectivity index (χ3v) is 7.91. The smallest absolute Gasteiger partial charge is 0.268 e. The molecule has 2 heterocycles. The molecule has 0 unspecified atom stereocenters. The van der Waals surface area contributed by atoms with Crippen molar-refractivity contribution in [2.45, 2.75) is 44.6 Å². The van der Waals surface area contributed by atoms with E-state index in [4.69, 9.17) is 16.8 Å². The van der Waals surface area contributed by atoms with Crippen LogP contribution in [0.2, 0.25) is 0 Å². The van der Waals surface area contributed by atoms with Gasteiger partial charge in [-0.15, -0.1) is 0 Å². The Bertz CT molecular complexity index is 1030. The van der Waals surface area contributed by atoms with Gasteiger partial charge in [0.25, 0.3) is 16.0 Å². The van der Waals surface area contributed by atoms with Crippen LogP contribution in [0.3, 0.4) is 0 Å². The zero-order valence-corrected chi connectivity index (χ0v) is 18.9. The van der Waals surface area contributed by atoms with E-state index >= 15 is 0 Å². The van der Waals surface area contributed by atoms with E-state index in [9.17, 15) is 13.2 Å². The van der Waals surface area contributed by atoms with E-state index in [0.29, 0.717) is 15.8 Å². The first-order chi connectivity index (χ1) is 14.3. The number of hydrogen-bond donors (Lipinski definition) is 1. The van der Waals surface area contributed by atoms with E-state index in [1.54, 1.807) is 4.90 Å². The maximum atomic E-state index is 13.4. The fourth-order valence-corrected chi connectivity index (χ4v) is 6.24. The predicted octanol–water partition coefficient (Wildman–Crippen LogP) is 4.20. The summed E-state index contributed by atoms with van der Waals surface area (Å²) in [6, 6.07) is 7.95. The second-order valence-electron chi connectivity index (χ2n) is 7.73. The molecule has 1 saturated heterocycles. The third kappa shape index (κ3) is 4.49. The van der Waals surface area contributed by atoms with Gasteiger partial charge in [0.15, 0.2) is 0 Å². The van der Waals surface area contributed by atoms with Crippen molar-refractivity contribution in [3.63, 3.8) is 0 Å². The van der Waals surface area contributed by atoms with Crippen molar-refractivity contribution in [1.82, 2.24) is 4.90 Å². The van der Waals surface area contributed by atoms with Crippen LogP contribution in [0, 0.1) is 0 Å². The Morgan fingerprint density at radius 3 is 2.60 bits per heavy atom. The van der Waals surface area contributed by atoms with Gasteiger partial charge in [-0.25, -0.2) is 0 Å². The summed E-state index contributed by atoms with van der Waals surface area (Å²) < 4.78 is 32.1. The van der Waals surface area contributed by atoms with Gasteiger partial charge in [-0.3, -0.25) is 14.2 Å². The van der Waals surface area contributed by atoms with Gasteiger partial charge in [-0.05, 0) is 37.0 Å². The molecule has 1 aromatic carbocycles. The number of anilines is 1. The molecular formula is C21H24N2O4S3. The van der Waals surface area contributed by atoms with Gasteiger partial charge < -0.3 is 4.90 Å². The van der Waals surface area contributed by atoms with Crippen LogP contribution >= 0.6 is 24.0 Å². The van der Waals surface area contributed by atoms with Crippen LogP contribution in [-0.4, -0.2) is 46.4 Å². The SMILES string of the molecule is O=C1C(=C2C=Cc3ccccc3N2CCCS(=O)(=O)O)SC(=S)N1C1CCCCC1. The molecule has 1 aliphatic carbocycles. The number of thioether (sulfide) groups is 1. The maximum absolute atomic E-state index is 13.4. The van der Waals surface area contributed by atoms with Crippen LogP contribution in [-0.2, 0) is 14.9 Å². The van der Waals surface area contributed by atoms with Crippen molar-refractivity contribution in [3.05, 3.63) is 46.5 Å². The first-order valence-electron chi connectivity index (χ1n) is 10.1. The molecule has 2 aliphatic heterocycles. The molecule has 0 atom stereocenters. The van der Waals surface area contributed by atoms with Crippen LogP contribution < -0.4 is 4.90 Å². The summed E-state index contributed by atoms with van der Waals surface area (Å²) in [6.07, 6.45) is 9.50. The van der Waals surface area contributed by atoms with Gasteiger partial charge in [0.2, 0.25) is 0 Å². The second-order valence-corrected chi connectivity index (χ2v) is 10.9. The molecule has 0 spiro atoms. The van der Waals surface area contributed by atoms with Crippen molar-refractivity contribution in [2.24, 2.45) is 0 Å². The van der Waals surface area contributed by atoms with Crippen molar-refractivity contribution in [2.75, 3.05) is 17.2 Å². The zero-order valence-electron chi connectivity index (χ0n) is 16.5. The Morgan fingerprint density at radius 1 is 1.13 bits per heavy atom. The Kier molecular flexibility index (Phi) is 6.34. The number of thiocarbonyl (C=S) groups is 1. The van der Waals surface area contributed by atoms with E-state index in [2.05, 4.69) is 0 Å². The minimum absolute atomic E-state index is 0.0595. The van der Waals surface area contributed by atoms with E-state index in [0.717, 1.165) is 42.6 Å². The summed E-state index contributed by atoms with van der Waals surface area (Å²) in [7, 11) is -4.04. The molecule has 30 heavy (non-hydrogen) atoms. The number of carbonyl (C=O) groups is 1. The summed E-state index contributed by atoms with van der Waals surface area (Å²) in [5.74, 6) is -0.387. The molecule has 0 bridgehead atoms. The Morgan fingerprint density at radius 2 is 1.87 bits per heavy atom. The van der Waals surface area contributed by atoms with Gasteiger partial charge in [0.05, 0.1) is 11.4 Å². The monoisotopic (exact) mass is 464 g/mol. The van der Waals surface area contributed by atoms with Crippen molar-refractivity contribution in [3.8, 4) is 0 Å². The number of benzene rings is 1. The van der Waals surface area contributed by atoms with Gasteiger partial charge in [-0.1, -0.05) is 67.5 Å². The summed E-state index contributed by atoms with van der Waals surface area (Å²) >= 11 is 6.90. The lowest BCUT2D eigenvalue weighted by Crippen LogP contribution is -2.40. The fraction of sp³-hybridized carbons (Fsp3) is 0.429. The summed E-state index contributed by atoms with van der Waals surface area (Å²) in [6.45, 7) is 0.365. The lowest BCUT2D eigenvalue weighted by Gasteiger charge is -2.32. The number of nitrogens with zero attached hydrogens (tertiary/aromatic N) is 2. The number of amides is 1. The number of carbonyl (C=O) groups excluding carboxylic acids is 1. The Balaban J connectivity index is 1.67. The molecule has 9 heteroatoms. The molecule has 6 nitrogen and oxygen atoms in total. The lowest BCUT2D eigenvalue weighted by atomic mass is 9.94. The average Bonchev–Trinajstić information content (AvgIpc) is 3.01. The van der Waals surface area contributed by atoms with Crippen LogP contribution in [0.5, 0.6) is 0 Å². The highest BCUT2D eigenvalue weighted by Gasteiger charge is 2.40. The molecule has 1 N–H and O–H groups in total. The second kappa shape index (κ2) is 8.82. The van der Waals surface area contributed by atoms with Crippen molar-refractivity contribution >= 4 is 56.1 Å². The number of para-hydroxylation sites is 1. The summed E-state index contributed by atoms with van der Waals surface area (Å²) in [5, 5.41) is 0. The Labute approximate surface area is 186 Å². The zero-order chi connectivity index (χ0) is 21.3. The van der Waals surface area contributed by atoms with E-state index in [-0.39, 0.29) is 24.1 Å². The topological polar surface area (TPSA) is 77.9 Å². The van der Waals surface area contributed by atoms with Crippen molar-refractivity contribution < 1.29 is 17.8 Å². The normalized spacial score (nSPS) is 22.7. The average molecular weight is 465 g/mol. The summed E-state index contributed by atoms with van der Waals surface area (Å²) in [4.78, 5) is 17.7. The number of rotatable bonds is 5. The molecular weight excluding hydrogens is 440 g/mol. The lowest BCUT2D eigenvalue weighted by molar-refractivity contribution is -0.124. The largest absolute Gasteiger partial charge is 0.340 e. The first kappa shape index (κ1) is 21.5. The summed E-state index contributed by atoms with van der Waals surface area (Å²) in [5.41, 5.74) is 2.64. The third-order valence-electron chi connectivity index (χ3n) is 5.69. The van der Waals surface area contributed by atoms with Gasteiger partial charge in [0.1, 0.15) is 9.23 Å². The predicted molar refractivity (Wildman–Crippen MR) is 125 cm³/mol. The van der Waals surface area contributed by atoms with E-state index in [1.165, 1.54) is 18.2 Å². The van der Waals surface area contributed by atoms with E-state index in [1.807, 2.05) is 41.3 Å². The van der Waals surface area contributed by atoms with Crippen LogP contribution in [0.1, 0.15) is 44.1 Å². The molecule has 1 saturated carbocycles. The minimum atomic E-state index is -4.04. The van der Waals surface area contributed by atoms with Crippen LogP contribution in [0.4, 0.5) is 5.69 Å². The van der Waals surface area contributed by atoms with Gasteiger partial charge in [-0.2, -0.15) is 8.42 Å².